The normalized spacial score (nSPS) is 13.8. The lowest BCUT2D eigenvalue weighted by Crippen LogP contribution is -2.27. The Morgan fingerprint density at radius 2 is 2.27 bits per heavy atom. The fraction of sp³-hybridized carbons (Fsp3) is 0.188. The summed E-state index contributed by atoms with van der Waals surface area (Å²) < 4.78 is 5.20. The predicted molar refractivity (Wildman–Crippen MR) is 81.6 cm³/mol. The zero-order valence-electron chi connectivity index (χ0n) is 11.8. The first-order valence-corrected chi connectivity index (χ1v) is 7.12. The summed E-state index contributed by atoms with van der Waals surface area (Å²) in [5.74, 6) is -0.144. The summed E-state index contributed by atoms with van der Waals surface area (Å²) in [6, 6.07) is 5.39. The molecule has 110 valence electrons. The fourth-order valence-corrected chi connectivity index (χ4v) is 2.74. The van der Waals surface area contributed by atoms with E-state index in [4.69, 9.17) is 4.42 Å². The standard InChI is InChI=1S/C16H14N4O2/c21-16(13-8-18-7-10-6-17-4-3-12(10)13)20-11-1-2-15-14(5-11)19-9-22-15/h1-2,5,7-9,17H,3-4,6H2,(H,20,21). The van der Waals surface area contributed by atoms with Crippen molar-refractivity contribution in [3.05, 3.63) is 53.7 Å². The third-order valence-corrected chi connectivity index (χ3v) is 3.85. The topological polar surface area (TPSA) is 80.1 Å². The molecule has 4 rings (SSSR count). The second-order valence-electron chi connectivity index (χ2n) is 5.24. The Hall–Kier alpha value is -2.73. The molecule has 0 atom stereocenters. The molecule has 0 bridgehead atoms. The SMILES string of the molecule is O=C(Nc1ccc2ocnc2c1)c1cncc2c1CCNC2. The lowest BCUT2D eigenvalue weighted by Gasteiger charge is -2.19. The van der Waals surface area contributed by atoms with E-state index in [0.29, 0.717) is 16.8 Å². The number of anilines is 1. The Balaban J connectivity index is 1.64. The summed E-state index contributed by atoms with van der Waals surface area (Å²) in [6.45, 7) is 1.64. The van der Waals surface area contributed by atoms with Gasteiger partial charge in [-0.3, -0.25) is 9.78 Å². The van der Waals surface area contributed by atoms with E-state index < -0.39 is 0 Å². The van der Waals surface area contributed by atoms with Crippen molar-refractivity contribution in [3.8, 4) is 0 Å². The molecule has 3 heterocycles. The Kier molecular flexibility index (Phi) is 3.08. The number of pyridine rings is 1. The van der Waals surface area contributed by atoms with Gasteiger partial charge in [0.25, 0.3) is 5.91 Å². The third kappa shape index (κ3) is 2.23. The molecule has 1 amide bonds. The largest absolute Gasteiger partial charge is 0.443 e. The molecule has 1 aromatic carbocycles. The zero-order valence-corrected chi connectivity index (χ0v) is 11.8. The number of amides is 1. The zero-order chi connectivity index (χ0) is 14.9. The molecule has 0 unspecified atom stereocenters. The minimum absolute atomic E-state index is 0.144. The van der Waals surface area contributed by atoms with E-state index in [1.165, 1.54) is 6.39 Å². The van der Waals surface area contributed by atoms with Crippen molar-refractivity contribution in [1.29, 1.82) is 0 Å². The molecule has 0 saturated carbocycles. The summed E-state index contributed by atoms with van der Waals surface area (Å²) in [5.41, 5.74) is 4.91. The minimum atomic E-state index is -0.144. The molecule has 1 aliphatic heterocycles. The minimum Gasteiger partial charge on any atom is -0.443 e. The van der Waals surface area contributed by atoms with Gasteiger partial charge in [0.05, 0.1) is 5.56 Å². The van der Waals surface area contributed by atoms with E-state index in [0.717, 1.165) is 36.2 Å². The van der Waals surface area contributed by atoms with Crippen molar-refractivity contribution in [1.82, 2.24) is 15.3 Å². The van der Waals surface area contributed by atoms with Crippen LogP contribution in [0.15, 0.2) is 41.4 Å². The lowest BCUT2D eigenvalue weighted by molar-refractivity contribution is 0.102. The number of aromatic nitrogens is 2. The van der Waals surface area contributed by atoms with Crippen LogP contribution >= 0.6 is 0 Å². The molecule has 2 aromatic heterocycles. The smallest absolute Gasteiger partial charge is 0.257 e. The molecule has 0 aliphatic carbocycles. The van der Waals surface area contributed by atoms with Crippen LogP contribution in [-0.2, 0) is 13.0 Å². The van der Waals surface area contributed by atoms with Crippen molar-refractivity contribution < 1.29 is 9.21 Å². The first-order valence-electron chi connectivity index (χ1n) is 7.12. The molecule has 3 aromatic rings. The number of benzene rings is 1. The van der Waals surface area contributed by atoms with Crippen LogP contribution in [0.5, 0.6) is 0 Å². The van der Waals surface area contributed by atoms with Crippen LogP contribution in [-0.4, -0.2) is 22.4 Å². The van der Waals surface area contributed by atoms with Gasteiger partial charge in [-0.15, -0.1) is 0 Å². The average Bonchev–Trinajstić information content (AvgIpc) is 3.02. The number of nitrogens with one attached hydrogen (secondary N) is 2. The predicted octanol–water partition coefficient (Wildman–Crippen LogP) is 2.12. The highest BCUT2D eigenvalue weighted by Crippen LogP contribution is 2.21. The fourth-order valence-electron chi connectivity index (χ4n) is 2.74. The molecule has 0 saturated heterocycles. The molecule has 2 N–H and O–H groups in total. The average molecular weight is 294 g/mol. The van der Waals surface area contributed by atoms with Gasteiger partial charge in [-0.25, -0.2) is 4.98 Å². The van der Waals surface area contributed by atoms with Gasteiger partial charge in [0.15, 0.2) is 12.0 Å². The van der Waals surface area contributed by atoms with E-state index in [2.05, 4.69) is 20.6 Å². The van der Waals surface area contributed by atoms with Crippen molar-refractivity contribution in [3.63, 3.8) is 0 Å². The van der Waals surface area contributed by atoms with Gasteiger partial charge >= 0.3 is 0 Å². The van der Waals surface area contributed by atoms with Gasteiger partial charge in [0.1, 0.15) is 5.52 Å². The van der Waals surface area contributed by atoms with Crippen LogP contribution in [0.25, 0.3) is 11.1 Å². The van der Waals surface area contributed by atoms with E-state index in [1.54, 1.807) is 24.4 Å². The molecule has 22 heavy (non-hydrogen) atoms. The number of carbonyl (C=O) groups is 1. The number of rotatable bonds is 2. The van der Waals surface area contributed by atoms with E-state index in [1.807, 2.05) is 6.20 Å². The summed E-state index contributed by atoms with van der Waals surface area (Å²) in [5, 5.41) is 6.19. The van der Waals surface area contributed by atoms with Gasteiger partial charge in [-0.1, -0.05) is 0 Å². The second kappa shape index (κ2) is 5.23. The van der Waals surface area contributed by atoms with Crippen LogP contribution in [0.1, 0.15) is 21.5 Å². The van der Waals surface area contributed by atoms with Gasteiger partial charge in [-0.2, -0.15) is 0 Å². The molecule has 1 aliphatic rings. The summed E-state index contributed by atoms with van der Waals surface area (Å²) in [4.78, 5) is 20.8. The van der Waals surface area contributed by atoms with Crippen LogP contribution in [0, 0.1) is 0 Å². The number of oxazole rings is 1. The lowest BCUT2D eigenvalue weighted by atomic mass is 9.98. The van der Waals surface area contributed by atoms with Crippen LogP contribution in [0.3, 0.4) is 0 Å². The Labute approximate surface area is 126 Å². The highest BCUT2D eigenvalue weighted by Gasteiger charge is 2.18. The van der Waals surface area contributed by atoms with Gasteiger partial charge in [-0.05, 0) is 42.3 Å². The van der Waals surface area contributed by atoms with Crippen molar-refractivity contribution in [2.75, 3.05) is 11.9 Å². The quantitative estimate of drug-likeness (QED) is 0.756. The Bertz CT molecular complexity index is 856. The van der Waals surface area contributed by atoms with Gasteiger partial charge < -0.3 is 15.1 Å². The van der Waals surface area contributed by atoms with Crippen LogP contribution in [0.4, 0.5) is 5.69 Å². The maximum absolute atomic E-state index is 12.5. The molecule has 6 nitrogen and oxygen atoms in total. The Morgan fingerprint density at radius 1 is 1.32 bits per heavy atom. The number of nitrogens with zero attached hydrogens (tertiary/aromatic N) is 2. The van der Waals surface area contributed by atoms with Crippen molar-refractivity contribution in [2.45, 2.75) is 13.0 Å². The molecule has 0 radical (unpaired) electrons. The summed E-state index contributed by atoms with van der Waals surface area (Å²) in [6.07, 6.45) is 5.68. The number of hydrogen-bond donors (Lipinski definition) is 2. The first-order chi connectivity index (χ1) is 10.8. The molecule has 0 fully saturated rings. The van der Waals surface area contributed by atoms with E-state index in [9.17, 15) is 4.79 Å². The van der Waals surface area contributed by atoms with Gasteiger partial charge in [0.2, 0.25) is 0 Å². The Morgan fingerprint density at radius 3 is 3.23 bits per heavy atom. The highest BCUT2D eigenvalue weighted by atomic mass is 16.3. The third-order valence-electron chi connectivity index (χ3n) is 3.85. The number of fused-ring (bicyclic) bond motifs is 2. The maximum atomic E-state index is 12.5. The monoisotopic (exact) mass is 294 g/mol. The van der Waals surface area contributed by atoms with E-state index >= 15 is 0 Å². The van der Waals surface area contributed by atoms with Crippen molar-refractivity contribution >= 4 is 22.7 Å². The molecular weight excluding hydrogens is 280 g/mol. The molecule has 6 heteroatoms. The second-order valence-corrected chi connectivity index (χ2v) is 5.24. The summed E-state index contributed by atoms with van der Waals surface area (Å²) >= 11 is 0. The number of carbonyl (C=O) groups excluding carboxylic acids is 1. The first kappa shape index (κ1) is 13.0. The van der Waals surface area contributed by atoms with Gasteiger partial charge in [0, 0.05) is 24.6 Å². The molecular formula is C16H14N4O2. The van der Waals surface area contributed by atoms with E-state index in [-0.39, 0.29) is 5.91 Å². The summed E-state index contributed by atoms with van der Waals surface area (Å²) in [7, 11) is 0. The molecule has 0 spiro atoms. The number of hydrogen-bond acceptors (Lipinski definition) is 5. The maximum Gasteiger partial charge on any atom is 0.257 e. The highest BCUT2D eigenvalue weighted by molar-refractivity contribution is 6.05. The van der Waals surface area contributed by atoms with Crippen LogP contribution in [0.2, 0.25) is 0 Å². The van der Waals surface area contributed by atoms with Crippen molar-refractivity contribution in [2.24, 2.45) is 0 Å². The van der Waals surface area contributed by atoms with Crippen LogP contribution < -0.4 is 10.6 Å².